The number of hydrogen-bond acceptors (Lipinski definition) is 5. The third-order valence-electron chi connectivity index (χ3n) is 5.69. The van der Waals surface area contributed by atoms with E-state index in [9.17, 15) is 0 Å². The molecule has 1 saturated heterocycles. The molecule has 32 heavy (non-hydrogen) atoms. The van der Waals surface area contributed by atoms with E-state index in [0.29, 0.717) is 0 Å². The highest BCUT2D eigenvalue weighted by atomic mass is 127. The molecule has 0 spiro atoms. The van der Waals surface area contributed by atoms with Crippen molar-refractivity contribution in [1.82, 2.24) is 30.1 Å². The van der Waals surface area contributed by atoms with Gasteiger partial charge in [0.15, 0.2) is 5.96 Å². The second-order valence-corrected chi connectivity index (χ2v) is 7.85. The Balaban J connectivity index is 0.00000289. The maximum Gasteiger partial charge on any atom is 0.193 e. The average Bonchev–Trinajstić information content (AvgIpc) is 3.45. The zero-order valence-corrected chi connectivity index (χ0v) is 21.1. The lowest BCUT2D eigenvalue weighted by Crippen LogP contribution is -2.52. The Bertz CT molecular complexity index is 964. The molecule has 0 radical (unpaired) electrons. The fourth-order valence-corrected chi connectivity index (χ4v) is 3.93. The molecule has 1 fully saturated rings. The van der Waals surface area contributed by atoms with Crippen LogP contribution in [0.2, 0.25) is 0 Å². The fourth-order valence-electron chi connectivity index (χ4n) is 3.93. The summed E-state index contributed by atoms with van der Waals surface area (Å²) in [6, 6.07) is 12.2. The summed E-state index contributed by atoms with van der Waals surface area (Å²) in [5.74, 6) is 0.984. The van der Waals surface area contributed by atoms with Crippen LogP contribution in [0.15, 0.2) is 58.4 Å². The Morgan fingerprint density at radius 3 is 2.59 bits per heavy atom. The van der Waals surface area contributed by atoms with Crippen molar-refractivity contribution >= 4 is 29.9 Å². The van der Waals surface area contributed by atoms with Crippen LogP contribution in [0.4, 0.5) is 0 Å². The Hall–Kier alpha value is -2.40. The van der Waals surface area contributed by atoms with Gasteiger partial charge in [0.1, 0.15) is 6.26 Å². The molecule has 2 aromatic heterocycles. The van der Waals surface area contributed by atoms with E-state index in [1.807, 2.05) is 36.0 Å². The zero-order chi connectivity index (χ0) is 21.5. The van der Waals surface area contributed by atoms with E-state index in [0.717, 1.165) is 75.1 Å². The van der Waals surface area contributed by atoms with Gasteiger partial charge in [0.2, 0.25) is 0 Å². The first-order chi connectivity index (χ1) is 15.2. The molecule has 3 aromatic rings. The van der Waals surface area contributed by atoms with Crippen LogP contribution in [0, 0.1) is 6.92 Å². The molecule has 0 aliphatic carbocycles. The summed E-state index contributed by atoms with van der Waals surface area (Å²) in [7, 11) is 1.86. The minimum Gasteiger partial charge on any atom is -0.364 e. The van der Waals surface area contributed by atoms with Crippen molar-refractivity contribution in [3.63, 3.8) is 0 Å². The number of para-hydroxylation sites is 1. The van der Waals surface area contributed by atoms with Crippen LogP contribution >= 0.6 is 24.0 Å². The predicted octanol–water partition coefficient (Wildman–Crippen LogP) is 3.11. The molecule has 1 N–H and O–H groups in total. The highest BCUT2D eigenvalue weighted by Gasteiger charge is 2.20. The van der Waals surface area contributed by atoms with Crippen LogP contribution in [0.5, 0.6) is 0 Å². The van der Waals surface area contributed by atoms with E-state index < -0.39 is 0 Å². The number of halogens is 1. The zero-order valence-electron chi connectivity index (χ0n) is 18.8. The highest BCUT2D eigenvalue weighted by molar-refractivity contribution is 14.0. The van der Waals surface area contributed by atoms with E-state index in [2.05, 4.69) is 55.6 Å². The van der Waals surface area contributed by atoms with Gasteiger partial charge < -0.3 is 14.7 Å². The third kappa shape index (κ3) is 6.32. The van der Waals surface area contributed by atoms with Crippen molar-refractivity contribution in [3.8, 4) is 5.69 Å². The lowest BCUT2D eigenvalue weighted by molar-refractivity contribution is 0.169. The molecule has 0 saturated carbocycles. The summed E-state index contributed by atoms with van der Waals surface area (Å²) in [6.07, 6.45) is 5.81. The van der Waals surface area contributed by atoms with E-state index in [-0.39, 0.29) is 24.0 Å². The average molecular weight is 549 g/mol. The second kappa shape index (κ2) is 12.0. The SMILES string of the molecule is CN=C(NCCCc1cn(-c2ccccc2)nc1C)N1CCN(Cc2ccon2)CC1.I. The monoisotopic (exact) mass is 549 g/mol. The molecule has 0 unspecified atom stereocenters. The molecule has 0 bridgehead atoms. The lowest BCUT2D eigenvalue weighted by Gasteiger charge is -2.36. The maximum absolute atomic E-state index is 4.93. The first-order valence-corrected chi connectivity index (χ1v) is 10.9. The Labute approximate surface area is 206 Å². The molecule has 0 atom stereocenters. The Morgan fingerprint density at radius 2 is 1.91 bits per heavy atom. The maximum atomic E-state index is 4.93. The molecule has 0 amide bonds. The summed E-state index contributed by atoms with van der Waals surface area (Å²) in [4.78, 5) is 9.22. The van der Waals surface area contributed by atoms with Crippen molar-refractivity contribution in [1.29, 1.82) is 0 Å². The summed E-state index contributed by atoms with van der Waals surface area (Å²) < 4.78 is 6.90. The minimum absolute atomic E-state index is 0. The number of nitrogens with one attached hydrogen (secondary N) is 1. The smallest absolute Gasteiger partial charge is 0.193 e. The van der Waals surface area contributed by atoms with Crippen molar-refractivity contribution in [2.75, 3.05) is 39.8 Å². The Morgan fingerprint density at radius 1 is 1.12 bits per heavy atom. The Kier molecular flexibility index (Phi) is 9.10. The van der Waals surface area contributed by atoms with E-state index in [1.54, 1.807) is 6.26 Å². The summed E-state index contributed by atoms with van der Waals surface area (Å²) in [6.45, 7) is 7.71. The lowest BCUT2D eigenvalue weighted by atomic mass is 10.1. The first kappa shape index (κ1) is 24.2. The van der Waals surface area contributed by atoms with Gasteiger partial charge >= 0.3 is 0 Å². The molecule has 8 nitrogen and oxygen atoms in total. The van der Waals surface area contributed by atoms with E-state index in [1.165, 1.54) is 5.56 Å². The molecule has 1 aliphatic rings. The number of aliphatic imine (C=N–C) groups is 1. The quantitative estimate of drug-likeness (QED) is 0.211. The van der Waals surface area contributed by atoms with Gasteiger partial charge in [0, 0.05) is 58.6 Å². The van der Waals surface area contributed by atoms with Gasteiger partial charge in [-0.1, -0.05) is 23.4 Å². The number of benzene rings is 1. The van der Waals surface area contributed by atoms with Crippen molar-refractivity contribution in [2.45, 2.75) is 26.3 Å². The van der Waals surface area contributed by atoms with Crippen molar-refractivity contribution in [2.24, 2.45) is 4.99 Å². The standard InChI is InChI=1S/C23H31N7O.HI/c1-19-20(17-30(26-19)22-8-4-3-5-9-22)7-6-11-25-23(24-2)29-14-12-28(13-15-29)18-21-10-16-31-27-21;/h3-5,8-10,16-17H,6-7,11-15,18H2,1-2H3,(H,24,25);1H. The largest absolute Gasteiger partial charge is 0.364 e. The van der Waals surface area contributed by atoms with E-state index in [4.69, 9.17) is 4.52 Å². The predicted molar refractivity (Wildman–Crippen MR) is 137 cm³/mol. The molecule has 1 aromatic carbocycles. The van der Waals surface area contributed by atoms with Crippen LogP contribution in [-0.4, -0.2) is 70.5 Å². The summed E-state index contributed by atoms with van der Waals surface area (Å²) in [5, 5.41) is 12.2. The molecule has 1 aliphatic heterocycles. The molecule has 4 rings (SSSR count). The molecule has 3 heterocycles. The normalized spacial score (nSPS) is 14.9. The fraction of sp³-hybridized carbons (Fsp3) is 0.435. The topological polar surface area (TPSA) is 74.7 Å². The number of hydrogen-bond donors (Lipinski definition) is 1. The van der Waals surface area contributed by atoms with Gasteiger partial charge in [-0.2, -0.15) is 5.10 Å². The number of piperazine rings is 1. The van der Waals surface area contributed by atoms with Gasteiger partial charge in [0.25, 0.3) is 0 Å². The third-order valence-corrected chi connectivity index (χ3v) is 5.69. The van der Waals surface area contributed by atoms with Crippen LogP contribution in [-0.2, 0) is 13.0 Å². The summed E-state index contributed by atoms with van der Waals surface area (Å²) in [5.41, 5.74) is 4.47. The number of rotatable bonds is 7. The number of aryl methyl sites for hydroxylation is 2. The van der Waals surface area contributed by atoms with Crippen LogP contribution in [0.25, 0.3) is 5.69 Å². The van der Waals surface area contributed by atoms with Gasteiger partial charge in [-0.25, -0.2) is 4.68 Å². The molecule has 172 valence electrons. The molecular weight excluding hydrogens is 517 g/mol. The minimum atomic E-state index is 0. The van der Waals surface area contributed by atoms with Crippen molar-refractivity contribution in [3.05, 3.63) is 65.8 Å². The van der Waals surface area contributed by atoms with Gasteiger partial charge in [-0.15, -0.1) is 24.0 Å². The second-order valence-electron chi connectivity index (χ2n) is 7.85. The van der Waals surface area contributed by atoms with Crippen molar-refractivity contribution < 1.29 is 4.52 Å². The van der Waals surface area contributed by atoms with Crippen LogP contribution in [0.1, 0.15) is 23.4 Å². The van der Waals surface area contributed by atoms with Gasteiger partial charge in [0.05, 0.1) is 17.1 Å². The molecular formula is C23H32IN7O. The first-order valence-electron chi connectivity index (χ1n) is 10.9. The summed E-state index contributed by atoms with van der Waals surface area (Å²) >= 11 is 0. The number of nitrogens with zero attached hydrogens (tertiary/aromatic N) is 6. The highest BCUT2D eigenvalue weighted by Crippen LogP contribution is 2.13. The van der Waals surface area contributed by atoms with Gasteiger partial charge in [-0.05, 0) is 37.5 Å². The van der Waals surface area contributed by atoms with Gasteiger partial charge in [-0.3, -0.25) is 9.89 Å². The van der Waals surface area contributed by atoms with Crippen LogP contribution in [0.3, 0.4) is 0 Å². The molecule has 9 heteroatoms. The number of guanidine groups is 1. The van der Waals surface area contributed by atoms with E-state index >= 15 is 0 Å². The number of aromatic nitrogens is 3. The van der Waals surface area contributed by atoms with Crippen LogP contribution < -0.4 is 5.32 Å².